The number of amides is 1. The molecule has 0 aliphatic heterocycles. The van der Waals surface area contributed by atoms with Crippen LogP contribution in [0.2, 0.25) is 0 Å². The Labute approximate surface area is 107 Å². The number of nitrogens with one attached hydrogen (secondary N) is 1. The van der Waals surface area contributed by atoms with Crippen LogP contribution in [-0.2, 0) is 4.79 Å². The topological polar surface area (TPSA) is 90.1 Å². The van der Waals surface area contributed by atoms with Crippen molar-refractivity contribution in [2.75, 3.05) is 19.0 Å². The van der Waals surface area contributed by atoms with Gasteiger partial charge in [-0.05, 0) is 26.3 Å². The summed E-state index contributed by atoms with van der Waals surface area (Å²) in [7, 11) is 1.53. The fourth-order valence-electron chi connectivity index (χ4n) is 1.49. The van der Waals surface area contributed by atoms with E-state index in [0.717, 1.165) is 18.5 Å². The summed E-state index contributed by atoms with van der Waals surface area (Å²) in [6.45, 7) is 4.27. The summed E-state index contributed by atoms with van der Waals surface area (Å²) >= 11 is 0. The van der Waals surface area contributed by atoms with Crippen molar-refractivity contribution in [2.24, 2.45) is 11.7 Å². The molecule has 0 bridgehead atoms. The van der Waals surface area contributed by atoms with E-state index in [-0.39, 0.29) is 17.8 Å². The van der Waals surface area contributed by atoms with Crippen LogP contribution in [0, 0.1) is 12.8 Å². The van der Waals surface area contributed by atoms with E-state index in [2.05, 4.69) is 15.3 Å². The molecule has 1 rings (SSSR count). The first-order valence-corrected chi connectivity index (χ1v) is 5.97. The fraction of sp³-hybridized carbons (Fsp3) is 0.583. The van der Waals surface area contributed by atoms with Crippen molar-refractivity contribution < 1.29 is 9.53 Å². The third-order valence-corrected chi connectivity index (χ3v) is 2.56. The van der Waals surface area contributed by atoms with Crippen molar-refractivity contribution in [3.63, 3.8) is 0 Å². The molecule has 0 aliphatic carbocycles. The average Bonchev–Trinajstić information content (AvgIpc) is 2.34. The molecular formula is C12H20N4O2. The van der Waals surface area contributed by atoms with Gasteiger partial charge in [0.2, 0.25) is 17.7 Å². The van der Waals surface area contributed by atoms with Crippen LogP contribution in [0.25, 0.3) is 0 Å². The van der Waals surface area contributed by atoms with Gasteiger partial charge in [-0.1, -0.05) is 6.92 Å². The van der Waals surface area contributed by atoms with Crippen molar-refractivity contribution >= 4 is 11.9 Å². The van der Waals surface area contributed by atoms with Gasteiger partial charge in [0.15, 0.2) is 0 Å². The number of carbonyl (C=O) groups is 1. The maximum absolute atomic E-state index is 11.9. The summed E-state index contributed by atoms with van der Waals surface area (Å²) in [5, 5.41) is 2.68. The fourth-order valence-corrected chi connectivity index (χ4v) is 1.49. The second-order valence-corrected chi connectivity index (χ2v) is 4.20. The normalized spacial score (nSPS) is 12.0. The number of ether oxygens (including phenoxy) is 1. The lowest BCUT2D eigenvalue weighted by Crippen LogP contribution is -2.22. The van der Waals surface area contributed by atoms with Crippen molar-refractivity contribution in [1.82, 2.24) is 9.97 Å². The number of hydrogen-bond acceptors (Lipinski definition) is 5. The monoisotopic (exact) mass is 252 g/mol. The molecule has 0 aliphatic rings. The standard InChI is InChI=1S/C12H20N4O2/c1-8(5-4-6-13)11(17)16-12-14-9(2)7-10(15-12)18-3/h7-8H,4-6,13H2,1-3H3,(H,14,15,16,17). The van der Waals surface area contributed by atoms with Crippen molar-refractivity contribution in [3.05, 3.63) is 11.8 Å². The minimum absolute atomic E-state index is 0.101. The molecule has 1 aromatic rings. The smallest absolute Gasteiger partial charge is 0.232 e. The number of hydrogen-bond donors (Lipinski definition) is 2. The second kappa shape index (κ2) is 6.90. The Morgan fingerprint density at radius 2 is 2.28 bits per heavy atom. The second-order valence-electron chi connectivity index (χ2n) is 4.20. The Morgan fingerprint density at radius 3 is 2.89 bits per heavy atom. The number of carbonyl (C=O) groups excluding carboxylic acids is 1. The highest BCUT2D eigenvalue weighted by Gasteiger charge is 2.14. The van der Waals surface area contributed by atoms with Gasteiger partial charge in [0, 0.05) is 17.7 Å². The highest BCUT2D eigenvalue weighted by atomic mass is 16.5. The number of aryl methyl sites for hydroxylation is 1. The SMILES string of the molecule is COc1cc(C)nc(NC(=O)C(C)CCCN)n1. The molecule has 1 atom stereocenters. The highest BCUT2D eigenvalue weighted by Crippen LogP contribution is 2.13. The number of anilines is 1. The molecule has 0 saturated carbocycles. The van der Waals surface area contributed by atoms with E-state index < -0.39 is 0 Å². The van der Waals surface area contributed by atoms with Crippen LogP contribution in [0.5, 0.6) is 5.88 Å². The van der Waals surface area contributed by atoms with E-state index in [4.69, 9.17) is 10.5 Å². The molecule has 18 heavy (non-hydrogen) atoms. The number of methoxy groups -OCH3 is 1. The van der Waals surface area contributed by atoms with E-state index in [1.807, 2.05) is 13.8 Å². The lowest BCUT2D eigenvalue weighted by atomic mass is 10.1. The minimum atomic E-state index is -0.108. The van der Waals surface area contributed by atoms with E-state index >= 15 is 0 Å². The Hall–Kier alpha value is -1.69. The first-order valence-electron chi connectivity index (χ1n) is 5.97. The predicted molar refractivity (Wildman–Crippen MR) is 69.4 cm³/mol. The summed E-state index contributed by atoms with van der Waals surface area (Å²) in [6.07, 6.45) is 1.58. The van der Waals surface area contributed by atoms with Gasteiger partial charge in [-0.25, -0.2) is 4.98 Å². The third-order valence-electron chi connectivity index (χ3n) is 2.56. The van der Waals surface area contributed by atoms with Gasteiger partial charge in [-0.2, -0.15) is 4.98 Å². The van der Waals surface area contributed by atoms with Crippen LogP contribution >= 0.6 is 0 Å². The van der Waals surface area contributed by atoms with Crippen LogP contribution in [0.1, 0.15) is 25.5 Å². The largest absolute Gasteiger partial charge is 0.481 e. The third kappa shape index (κ3) is 4.29. The van der Waals surface area contributed by atoms with Crippen molar-refractivity contribution in [1.29, 1.82) is 0 Å². The van der Waals surface area contributed by atoms with Crippen LogP contribution in [-0.4, -0.2) is 29.5 Å². The number of aromatic nitrogens is 2. The molecule has 0 spiro atoms. The van der Waals surface area contributed by atoms with Gasteiger partial charge in [0.1, 0.15) is 0 Å². The molecule has 3 N–H and O–H groups in total. The minimum Gasteiger partial charge on any atom is -0.481 e. The van der Waals surface area contributed by atoms with Crippen molar-refractivity contribution in [3.8, 4) is 5.88 Å². The molecule has 0 radical (unpaired) electrons. The molecule has 0 aromatic carbocycles. The zero-order valence-electron chi connectivity index (χ0n) is 11.1. The maximum atomic E-state index is 11.9. The van der Waals surface area contributed by atoms with E-state index in [0.29, 0.717) is 12.4 Å². The Morgan fingerprint density at radius 1 is 1.56 bits per heavy atom. The first-order chi connectivity index (χ1) is 8.56. The lowest BCUT2D eigenvalue weighted by molar-refractivity contribution is -0.119. The molecule has 0 fully saturated rings. The Balaban J connectivity index is 2.66. The number of rotatable bonds is 6. The van der Waals surface area contributed by atoms with Gasteiger partial charge in [-0.3, -0.25) is 10.1 Å². The quantitative estimate of drug-likeness (QED) is 0.791. The average molecular weight is 252 g/mol. The van der Waals surface area contributed by atoms with Gasteiger partial charge >= 0.3 is 0 Å². The van der Waals surface area contributed by atoms with Gasteiger partial charge in [-0.15, -0.1) is 0 Å². The Bertz CT molecular complexity index is 409. The van der Waals surface area contributed by atoms with Crippen LogP contribution in [0.4, 0.5) is 5.95 Å². The lowest BCUT2D eigenvalue weighted by Gasteiger charge is -2.11. The molecule has 1 amide bonds. The molecule has 1 aromatic heterocycles. The molecule has 0 saturated heterocycles. The van der Waals surface area contributed by atoms with Crippen LogP contribution < -0.4 is 15.8 Å². The summed E-state index contributed by atoms with van der Waals surface area (Å²) in [5.74, 6) is 0.503. The molecule has 100 valence electrons. The van der Waals surface area contributed by atoms with E-state index in [1.165, 1.54) is 7.11 Å². The van der Waals surface area contributed by atoms with E-state index in [1.54, 1.807) is 6.07 Å². The summed E-state index contributed by atoms with van der Waals surface area (Å²) in [6, 6.07) is 1.70. The molecule has 1 unspecified atom stereocenters. The summed E-state index contributed by atoms with van der Waals surface area (Å²) in [4.78, 5) is 20.1. The van der Waals surface area contributed by atoms with Gasteiger partial charge in [0.05, 0.1) is 7.11 Å². The molecule has 6 nitrogen and oxygen atoms in total. The highest BCUT2D eigenvalue weighted by molar-refractivity contribution is 5.90. The number of nitrogens with two attached hydrogens (primary N) is 1. The molecule has 1 heterocycles. The zero-order valence-corrected chi connectivity index (χ0v) is 11.1. The summed E-state index contributed by atoms with van der Waals surface area (Å²) < 4.78 is 5.02. The van der Waals surface area contributed by atoms with Crippen molar-refractivity contribution in [2.45, 2.75) is 26.7 Å². The Kier molecular flexibility index (Phi) is 5.51. The van der Waals surface area contributed by atoms with E-state index in [9.17, 15) is 4.79 Å². The predicted octanol–water partition coefficient (Wildman–Crippen LogP) is 1.11. The molecular weight excluding hydrogens is 232 g/mol. The number of nitrogens with zero attached hydrogens (tertiary/aromatic N) is 2. The van der Waals surface area contributed by atoms with Gasteiger partial charge < -0.3 is 10.5 Å². The van der Waals surface area contributed by atoms with Crippen LogP contribution in [0.15, 0.2) is 6.07 Å². The summed E-state index contributed by atoms with van der Waals surface area (Å²) in [5.41, 5.74) is 6.16. The molecule has 6 heteroatoms. The van der Waals surface area contributed by atoms with Crippen LogP contribution in [0.3, 0.4) is 0 Å². The van der Waals surface area contributed by atoms with Gasteiger partial charge in [0.25, 0.3) is 0 Å². The maximum Gasteiger partial charge on any atom is 0.232 e. The zero-order chi connectivity index (χ0) is 13.5. The first kappa shape index (κ1) is 14.4.